The van der Waals surface area contributed by atoms with Crippen molar-refractivity contribution >= 4 is 5.78 Å². The second-order valence-corrected chi connectivity index (χ2v) is 4.13. The summed E-state index contributed by atoms with van der Waals surface area (Å²) in [6.07, 6.45) is 6.71. The third-order valence-corrected chi connectivity index (χ3v) is 3.08. The van der Waals surface area contributed by atoms with Crippen molar-refractivity contribution in [2.24, 2.45) is 13.0 Å². The highest BCUT2D eigenvalue weighted by molar-refractivity contribution is 5.80. The van der Waals surface area contributed by atoms with E-state index in [4.69, 9.17) is 0 Å². The van der Waals surface area contributed by atoms with Crippen molar-refractivity contribution in [2.75, 3.05) is 0 Å². The van der Waals surface area contributed by atoms with Crippen LogP contribution in [0.2, 0.25) is 0 Å². The first-order valence-electron chi connectivity index (χ1n) is 5.24. The smallest absolute Gasteiger partial charge is 0.133 e. The molecule has 14 heavy (non-hydrogen) atoms. The highest BCUT2D eigenvalue weighted by Crippen LogP contribution is 2.26. The quantitative estimate of drug-likeness (QED) is 0.731. The average molecular weight is 192 g/mol. The molecular weight excluding hydrogens is 176 g/mol. The lowest BCUT2D eigenvalue weighted by Gasteiger charge is -2.07. The Morgan fingerprint density at radius 3 is 3.07 bits per heavy atom. The maximum Gasteiger partial charge on any atom is 0.133 e. The molecule has 1 unspecified atom stereocenters. The SMILES string of the molecule is Cn1nccc1CCC1CCC(=O)C1. The first-order valence-corrected chi connectivity index (χ1v) is 5.24. The molecule has 3 nitrogen and oxygen atoms in total. The van der Waals surface area contributed by atoms with Crippen molar-refractivity contribution in [3.05, 3.63) is 18.0 Å². The Labute approximate surface area is 84.1 Å². The van der Waals surface area contributed by atoms with Crippen LogP contribution >= 0.6 is 0 Å². The Balaban J connectivity index is 1.83. The Bertz CT molecular complexity index is 330. The fraction of sp³-hybridized carbons (Fsp3) is 0.636. The summed E-state index contributed by atoms with van der Waals surface area (Å²) in [7, 11) is 1.97. The van der Waals surface area contributed by atoms with Crippen LogP contribution in [0, 0.1) is 5.92 Å². The minimum absolute atomic E-state index is 0.444. The van der Waals surface area contributed by atoms with Gasteiger partial charge in [0.1, 0.15) is 5.78 Å². The molecule has 3 heteroatoms. The number of ketones is 1. The van der Waals surface area contributed by atoms with Gasteiger partial charge in [0.15, 0.2) is 0 Å². The first-order chi connectivity index (χ1) is 6.75. The van der Waals surface area contributed by atoms with Gasteiger partial charge in [-0.1, -0.05) is 0 Å². The molecule has 76 valence electrons. The van der Waals surface area contributed by atoms with Gasteiger partial charge in [0.05, 0.1) is 0 Å². The fourth-order valence-corrected chi connectivity index (χ4v) is 2.14. The normalized spacial score (nSPS) is 21.8. The standard InChI is InChI=1S/C11H16N2O/c1-13-10(6-7-12-13)4-2-9-3-5-11(14)8-9/h6-7,9H,2-5,8H2,1H3. The number of nitrogens with zero attached hydrogens (tertiary/aromatic N) is 2. The van der Waals surface area contributed by atoms with E-state index in [9.17, 15) is 4.79 Å². The number of aromatic nitrogens is 2. The van der Waals surface area contributed by atoms with E-state index in [0.29, 0.717) is 11.7 Å². The molecule has 1 atom stereocenters. The zero-order valence-corrected chi connectivity index (χ0v) is 8.57. The van der Waals surface area contributed by atoms with E-state index in [1.165, 1.54) is 5.69 Å². The molecule has 1 aromatic rings. The molecule has 0 saturated heterocycles. The molecule has 0 aromatic carbocycles. The lowest BCUT2D eigenvalue weighted by atomic mass is 10.0. The first kappa shape index (κ1) is 9.44. The van der Waals surface area contributed by atoms with Gasteiger partial charge in [-0.3, -0.25) is 9.48 Å². The Morgan fingerprint density at radius 2 is 2.50 bits per heavy atom. The van der Waals surface area contributed by atoms with Crippen LogP contribution in [0.5, 0.6) is 0 Å². The summed E-state index contributed by atoms with van der Waals surface area (Å²) in [4.78, 5) is 11.1. The van der Waals surface area contributed by atoms with Crippen molar-refractivity contribution in [2.45, 2.75) is 32.1 Å². The van der Waals surface area contributed by atoms with Crippen molar-refractivity contribution in [3.8, 4) is 0 Å². The largest absolute Gasteiger partial charge is 0.300 e. The molecule has 0 bridgehead atoms. The van der Waals surface area contributed by atoms with Gasteiger partial charge in [-0.25, -0.2) is 0 Å². The van der Waals surface area contributed by atoms with E-state index in [1.807, 2.05) is 17.9 Å². The van der Waals surface area contributed by atoms with Crippen molar-refractivity contribution < 1.29 is 4.79 Å². The number of aryl methyl sites for hydroxylation is 2. The second-order valence-electron chi connectivity index (χ2n) is 4.13. The van der Waals surface area contributed by atoms with Crippen LogP contribution in [0.1, 0.15) is 31.4 Å². The van der Waals surface area contributed by atoms with Crippen LogP contribution in [0.25, 0.3) is 0 Å². The van der Waals surface area contributed by atoms with Crippen molar-refractivity contribution in [1.29, 1.82) is 0 Å². The maximum absolute atomic E-state index is 11.1. The Morgan fingerprint density at radius 1 is 1.64 bits per heavy atom. The predicted molar refractivity (Wildman–Crippen MR) is 53.9 cm³/mol. The monoisotopic (exact) mass is 192 g/mol. The van der Waals surface area contributed by atoms with E-state index in [2.05, 4.69) is 11.2 Å². The molecule has 0 radical (unpaired) electrons. The van der Waals surface area contributed by atoms with Gasteiger partial charge < -0.3 is 0 Å². The summed E-state index contributed by atoms with van der Waals surface area (Å²) < 4.78 is 1.91. The summed E-state index contributed by atoms with van der Waals surface area (Å²) in [5.74, 6) is 1.07. The third-order valence-electron chi connectivity index (χ3n) is 3.08. The van der Waals surface area contributed by atoms with Gasteiger partial charge in [0, 0.05) is 31.8 Å². The van der Waals surface area contributed by atoms with Crippen LogP contribution in [0.3, 0.4) is 0 Å². The average Bonchev–Trinajstić information content (AvgIpc) is 2.72. The van der Waals surface area contributed by atoms with Gasteiger partial charge in [-0.05, 0) is 31.2 Å². The molecule has 1 heterocycles. The number of Topliss-reactive ketones (excluding diaryl/α,β-unsaturated/α-hetero) is 1. The molecule has 1 aliphatic rings. The summed E-state index contributed by atoms with van der Waals surface area (Å²) in [5.41, 5.74) is 1.27. The van der Waals surface area contributed by atoms with Crippen LogP contribution in [-0.2, 0) is 18.3 Å². The molecule has 1 fully saturated rings. The van der Waals surface area contributed by atoms with Crippen molar-refractivity contribution in [1.82, 2.24) is 9.78 Å². The number of carbonyl (C=O) groups is 1. The topological polar surface area (TPSA) is 34.9 Å². The van der Waals surface area contributed by atoms with E-state index in [0.717, 1.165) is 32.1 Å². The lowest BCUT2D eigenvalue weighted by Crippen LogP contribution is -2.02. The molecule has 0 aliphatic heterocycles. The van der Waals surface area contributed by atoms with Gasteiger partial charge in [-0.2, -0.15) is 5.10 Å². The minimum Gasteiger partial charge on any atom is -0.300 e. The Kier molecular flexibility index (Phi) is 2.66. The predicted octanol–water partition coefficient (Wildman–Crippen LogP) is 1.72. The number of hydrogen-bond donors (Lipinski definition) is 0. The molecule has 1 saturated carbocycles. The van der Waals surface area contributed by atoms with Gasteiger partial charge >= 0.3 is 0 Å². The molecule has 1 aliphatic carbocycles. The molecule has 0 spiro atoms. The van der Waals surface area contributed by atoms with Gasteiger partial charge in [0.25, 0.3) is 0 Å². The highest BCUT2D eigenvalue weighted by Gasteiger charge is 2.21. The van der Waals surface area contributed by atoms with Crippen LogP contribution < -0.4 is 0 Å². The zero-order valence-electron chi connectivity index (χ0n) is 8.57. The van der Waals surface area contributed by atoms with E-state index >= 15 is 0 Å². The summed E-state index contributed by atoms with van der Waals surface area (Å²) in [6.45, 7) is 0. The molecule has 0 amide bonds. The second kappa shape index (κ2) is 3.95. The Hall–Kier alpha value is -1.12. The van der Waals surface area contributed by atoms with Crippen molar-refractivity contribution in [3.63, 3.8) is 0 Å². The number of hydrogen-bond acceptors (Lipinski definition) is 2. The summed E-state index contributed by atoms with van der Waals surface area (Å²) in [6, 6.07) is 2.05. The minimum atomic E-state index is 0.444. The summed E-state index contributed by atoms with van der Waals surface area (Å²) in [5, 5.41) is 4.13. The molecule has 1 aromatic heterocycles. The molecular formula is C11H16N2O. The van der Waals surface area contributed by atoms with E-state index in [-0.39, 0.29) is 0 Å². The van der Waals surface area contributed by atoms with Crippen LogP contribution in [0.15, 0.2) is 12.3 Å². The van der Waals surface area contributed by atoms with Gasteiger partial charge in [0.2, 0.25) is 0 Å². The van der Waals surface area contributed by atoms with Gasteiger partial charge in [-0.15, -0.1) is 0 Å². The maximum atomic E-state index is 11.1. The fourth-order valence-electron chi connectivity index (χ4n) is 2.14. The van der Waals surface area contributed by atoms with Crippen LogP contribution in [-0.4, -0.2) is 15.6 Å². The lowest BCUT2D eigenvalue weighted by molar-refractivity contribution is -0.117. The van der Waals surface area contributed by atoms with E-state index < -0.39 is 0 Å². The number of carbonyl (C=O) groups excluding carboxylic acids is 1. The molecule has 2 rings (SSSR count). The highest BCUT2D eigenvalue weighted by atomic mass is 16.1. The van der Waals surface area contributed by atoms with Crippen LogP contribution in [0.4, 0.5) is 0 Å². The number of rotatable bonds is 3. The summed E-state index contributed by atoms with van der Waals surface area (Å²) >= 11 is 0. The zero-order chi connectivity index (χ0) is 9.97. The van der Waals surface area contributed by atoms with E-state index in [1.54, 1.807) is 0 Å². The molecule has 0 N–H and O–H groups in total. The third kappa shape index (κ3) is 2.03.